The predicted octanol–water partition coefficient (Wildman–Crippen LogP) is 4.16. The summed E-state index contributed by atoms with van der Waals surface area (Å²) < 4.78 is 28.2. The van der Waals surface area contributed by atoms with E-state index in [0.717, 1.165) is 22.3 Å². The fourth-order valence-corrected chi connectivity index (χ4v) is 6.32. The Morgan fingerprint density at radius 1 is 0.974 bits per heavy atom. The molecular weight excluding hydrogens is 512 g/mol. The van der Waals surface area contributed by atoms with E-state index in [9.17, 15) is 18.3 Å². The summed E-state index contributed by atoms with van der Waals surface area (Å²) in [6, 6.07) is 22.8. The number of aliphatic hydroxyl groups is 1. The van der Waals surface area contributed by atoms with Gasteiger partial charge in [-0.3, -0.25) is 4.79 Å². The monoisotopic (exact) mass is 544 g/mol. The zero-order valence-corrected chi connectivity index (χ0v) is 23.5. The number of hydrogen-bond donors (Lipinski definition) is 2. The van der Waals surface area contributed by atoms with Gasteiger partial charge in [0.25, 0.3) is 5.91 Å². The SMILES string of the molecule is CN(C)c1ccc2cc(CN3C(=O)C(O)(c4ccc(S(=O)(=O)NC(C)(C)C)cc4)c4ccccc43)ccc2n1. The molecule has 0 bridgehead atoms. The molecule has 1 atom stereocenters. The number of carbonyl (C=O) groups excluding carboxylic acids is 1. The summed E-state index contributed by atoms with van der Waals surface area (Å²) in [6.45, 7) is 5.54. The molecule has 2 heterocycles. The van der Waals surface area contributed by atoms with Crippen LogP contribution in [0.25, 0.3) is 10.9 Å². The van der Waals surface area contributed by atoms with Crippen LogP contribution in [0.2, 0.25) is 0 Å². The molecule has 0 fully saturated rings. The molecule has 202 valence electrons. The van der Waals surface area contributed by atoms with Gasteiger partial charge in [-0.1, -0.05) is 36.4 Å². The maximum Gasteiger partial charge on any atom is 0.268 e. The lowest BCUT2D eigenvalue weighted by molar-refractivity contribution is -0.132. The fourth-order valence-electron chi connectivity index (χ4n) is 4.90. The van der Waals surface area contributed by atoms with Gasteiger partial charge in [0.2, 0.25) is 10.0 Å². The number of anilines is 2. The highest BCUT2D eigenvalue weighted by Crippen LogP contribution is 2.45. The lowest BCUT2D eigenvalue weighted by atomic mass is 9.87. The molecule has 0 aliphatic carbocycles. The summed E-state index contributed by atoms with van der Waals surface area (Å²) in [7, 11) is 0.116. The molecule has 5 rings (SSSR count). The zero-order chi connectivity index (χ0) is 28.2. The second kappa shape index (κ2) is 9.44. The number of para-hydroxylation sites is 1. The number of pyridine rings is 1. The first kappa shape index (κ1) is 26.8. The van der Waals surface area contributed by atoms with Crippen molar-refractivity contribution in [1.29, 1.82) is 0 Å². The molecular formula is C30H32N4O4S. The Bertz CT molecular complexity index is 1680. The van der Waals surface area contributed by atoms with E-state index >= 15 is 0 Å². The summed E-state index contributed by atoms with van der Waals surface area (Å²) in [5, 5.41) is 12.8. The predicted molar refractivity (Wildman–Crippen MR) is 153 cm³/mol. The van der Waals surface area contributed by atoms with Crippen LogP contribution in [0.3, 0.4) is 0 Å². The van der Waals surface area contributed by atoms with E-state index in [1.807, 2.05) is 61.5 Å². The standard InChI is InChI=1S/C30H32N4O4S/c1-29(2,3)32-39(37,38)23-14-12-22(13-15-23)30(36)24-8-6-7-9-26(24)34(28(30)35)19-20-10-16-25-21(18-20)11-17-27(31-25)33(4)5/h6-18,32,36H,19H2,1-5H3. The highest BCUT2D eigenvalue weighted by molar-refractivity contribution is 7.89. The number of amides is 1. The summed E-state index contributed by atoms with van der Waals surface area (Å²) >= 11 is 0. The number of sulfonamides is 1. The summed E-state index contributed by atoms with van der Waals surface area (Å²) in [6.07, 6.45) is 0. The van der Waals surface area contributed by atoms with Crippen LogP contribution in [-0.2, 0) is 27.0 Å². The van der Waals surface area contributed by atoms with Gasteiger partial charge < -0.3 is 14.9 Å². The van der Waals surface area contributed by atoms with Crippen molar-refractivity contribution in [3.05, 3.63) is 95.6 Å². The Balaban J connectivity index is 1.48. The number of fused-ring (bicyclic) bond motifs is 2. The normalized spacial score (nSPS) is 17.5. The zero-order valence-electron chi connectivity index (χ0n) is 22.6. The summed E-state index contributed by atoms with van der Waals surface area (Å²) in [4.78, 5) is 22.1. The molecule has 3 aromatic carbocycles. The quantitative estimate of drug-likeness (QED) is 0.378. The van der Waals surface area contributed by atoms with Gasteiger partial charge in [0, 0.05) is 30.6 Å². The van der Waals surface area contributed by atoms with E-state index in [2.05, 4.69) is 9.71 Å². The Labute approximate surface area is 229 Å². The Morgan fingerprint density at radius 2 is 1.67 bits per heavy atom. The molecule has 2 N–H and O–H groups in total. The van der Waals surface area contributed by atoms with Crippen molar-refractivity contribution in [3.63, 3.8) is 0 Å². The number of aromatic nitrogens is 1. The maximum atomic E-state index is 13.9. The van der Waals surface area contributed by atoms with Crippen molar-refractivity contribution < 1.29 is 18.3 Å². The Kier molecular flexibility index (Phi) is 6.49. The van der Waals surface area contributed by atoms with Crippen molar-refractivity contribution in [2.45, 2.75) is 43.4 Å². The number of benzene rings is 3. The molecule has 1 amide bonds. The van der Waals surface area contributed by atoms with Crippen LogP contribution in [0.1, 0.15) is 37.5 Å². The third-order valence-corrected chi connectivity index (χ3v) is 8.47. The number of carbonyl (C=O) groups is 1. The van der Waals surface area contributed by atoms with Gasteiger partial charge >= 0.3 is 0 Å². The van der Waals surface area contributed by atoms with Crippen molar-refractivity contribution in [3.8, 4) is 0 Å². The van der Waals surface area contributed by atoms with Gasteiger partial charge in [-0.2, -0.15) is 0 Å². The van der Waals surface area contributed by atoms with Crippen LogP contribution in [0.15, 0.2) is 83.8 Å². The van der Waals surface area contributed by atoms with Crippen LogP contribution < -0.4 is 14.5 Å². The number of hydrogen-bond acceptors (Lipinski definition) is 6. The minimum Gasteiger partial charge on any atom is -0.372 e. The van der Waals surface area contributed by atoms with Gasteiger partial charge in [-0.05, 0) is 74.4 Å². The van der Waals surface area contributed by atoms with Gasteiger partial charge in [-0.25, -0.2) is 18.1 Å². The number of rotatable bonds is 6. The van der Waals surface area contributed by atoms with Gasteiger partial charge in [-0.15, -0.1) is 0 Å². The van der Waals surface area contributed by atoms with Crippen LogP contribution in [0.5, 0.6) is 0 Å². The first-order valence-electron chi connectivity index (χ1n) is 12.6. The molecule has 1 unspecified atom stereocenters. The molecule has 4 aromatic rings. The van der Waals surface area contributed by atoms with Crippen molar-refractivity contribution in [2.75, 3.05) is 23.9 Å². The topological polar surface area (TPSA) is 103 Å². The van der Waals surface area contributed by atoms with E-state index in [1.54, 1.807) is 37.8 Å². The first-order chi connectivity index (χ1) is 18.3. The number of nitrogens with zero attached hydrogens (tertiary/aromatic N) is 3. The summed E-state index contributed by atoms with van der Waals surface area (Å²) in [5.41, 5.74) is 0.513. The Hall–Kier alpha value is -3.79. The molecule has 39 heavy (non-hydrogen) atoms. The molecule has 9 heteroatoms. The number of nitrogens with one attached hydrogen (secondary N) is 1. The first-order valence-corrected chi connectivity index (χ1v) is 14.1. The van der Waals surface area contributed by atoms with Crippen LogP contribution in [0, 0.1) is 0 Å². The lowest BCUT2D eigenvalue weighted by Gasteiger charge is -2.24. The average Bonchev–Trinajstić information content (AvgIpc) is 3.10. The van der Waals surface area contributed by atoms with E-state index < -0.39 is 27.1 Å². The maximum absolute atomic E-state index is 13.9. The van der Waals surface area contributed by atoms with Gasteiger partial charge in [0.05, 0.1) is 22.6 Å². The molecule has 1 aromatic heterocycles. The second-order valence-corrected chi connectivity index (χ2v) is 12.8. The molecule has 1 aliphatic heterocycles. The smallest absolute Gasteiger partial charge is 0.268 e. The highest BCUT2D eigenvalue weighted by atomic mass is 32.2. The lowest BCUT2D eigenvalue weighted by Crippen LogP contribution is -2.41. The average molecular weight is 545 g/mol. The largest absolute Gasteiger partial charge is 0.372 e. The van der Waals surface area contributed by atoms with E-state index in [1.165, 1.54) is 24.3 Å². The Morgan fingerprint density at radius 3 is 2.33 bits per heavy atom. The second-order valence-electron chi connectivity index (χ2n) is 11.1. The van der Waals surface area contributed by atoms with E-state index in [0.29, 0.717) is 16.8 Å². The summed E-state index contributed by atoms with van der Waals surface area (Å²) in [5.74, 6) is 0.366. The van der Waals surface area contributed by atoms with Gasteiger partial charge in [0.15, 0.2) is 5.60 Å². The van der Waals surface area contributed by atoms with Crippen LogP contribution >= 0.6 is 0 Å². The van der Waals surface area contributed by atoms with Crippen molar-refractivity contribution >= 4 is 38.3 Å². The van der Waals surface area contributed by atoms with E-state index in [4.69, 9.17) is 0 Å². The third kappa shape index (κ3) is 4.89. The molecule has 8 nitrogen and oxygen atoms in total. The minimum absolute atomic E-state index is 0.0579. The van der Waals surface area contributed by atoms with Crippen LogP contribution in [0.4, 0.5) is 11.5 Å². The van der Waals surface area contributed by atoms with Gasteiger partial charge in [0.1, 0.15) is 5.82 Å². The fraction of sp³-hybridized carbons (Fsp3) is 0.267. The molecule has 0 radical (unpaired) electrons. The molecule has 0 spiro atoms. The molecule has 0 saturated carbocycles. The highest BCUT2D eigenvalue weighted by Gasteiger charge is 2.51. The minimum atomic E-state index is -3.76. The molecule has 1 aliphatic rings. The van der Waals surface area contributed by atoms with Crippen LogP contribution in [-0.4, -0.2) is 44.0 Å². The van der Waals surface area contributed by atoms with E-state index in [-0.39, 0.29) is 11.4 Å². The van der Waals surface area contributed by atoms with Crippen molar-refractivity contribution in [1.82, 2.24) is 9.71 Å². The third-order valence-electron chi connectivity index (χ3n) is 6.70. The molecule has 0 saturated heterocycles. The van der Waals surface area contributed by atoms with Crippen molar-refractivity contribution in [2.24, 2.45) is 0 Å².